The zero-order valence-corrected chi connectivity index (χ0v) is 9.54. The Kier molecular flexibility index (Phi) is 2.55. The molecule has 0 bridgehead atoms. The van der Waals surface area contributed by atoms with Crippen LogP contribution in [-0.2, 0) is 0 Å². The van der Waals surface area contributed by atoms with Crippen molar-refractivity contribution in [2.75, 3.05) is 0 Å². The van der Waals surface area contributed by atoms with Gasteiger partial charge in [-0.25, -0.2) is 0 Å². The Hall–Kier alpha value is -0.0831. The van der Waals surface area contributed by atoms with Crippen molar-refractivity contribution >= 4 is 31.4 Å². The number of aryl methyl sites for hydroxylation is 1. The minimum absolute atomic E-state index is 1.18. The van der Waals surface area contributed by atoms with E-state index in [0.717, 1.165) is 0 Å². The maximum atomic E-state index is 3.56. The Morgan fingerprint density at radius 3 is 2.27 bits per heavy atom. The Morgan fingerprint density at radius 1 is 1.18 bits per heavy atom. The van der Waals surface area contributed by atoms with E-state index in [1.54, 1.807) is 0 Å². The fourth-order valence-electron chi connectivity index (χ4n) is 1.05. The number of hydrogen-bond donors (Lipinski definition) is 0. The minimum Gasteiger partial charge on any atom is -0.0639 e. The van der Waals surface area contributed by atoms with Crippen LogP contribution in [0.1, 0.15) is 16.7 Å². The first kappa shape index (κ1) is 9.01. The first-order valence-electron chi connectivity index (χ1n) is 3.52. The van der Waals surface area contributed by atoms with Gasteiger partial charge in [0.05, 0.1) is 10.2 Å². The van der Waals surface area contributed by atoms with Gasteiger partial charge in [0.2, 0.25) is 0 Å². The molecule has 0 aromatic heterocycles. The van der Waals surface area contributed by atoms with Gasteiger partial charge in [-0.3, -0.25) is 0 Å². The molecular weight excluding hydrogens is 216 g/mol. The smallest absolute Gasteiger partial charge is 0.0639 e. The highest BCUT2D eigenvalue weighted by atomic mass is 79.9. The molecule has 0 nitrogen and oxygen atoms in total. The summed E-state index contributed by atoms with van der Waals surface area (Å²) in [6, 6.07) is 2.13. The second kappa shape index (κ2) is 3.11. The summed E-state index contributed by atoms with van der Waals surface area (Å²) in [5, 5.41) is 1.18. The lowest BCUT2D eigenvalue weighted by molar-refractivity contribution is 1.29. The molecule has 0 amide bonds. The van der Waals surface area contributed by atoms with Crippen LogP contribution in [0.2, 0.25) is 0 Å². The van der Waals surface area contributed by atoms with Crippen molar-refractivity contribution in [2.24, 2.45) is 0 Å². The van der Waals surface area contributed by atoms with Crippen LogP contribution in [0, 0.1) is 20.8 Å². The summed E-state index contributed by atoms with van der Waals surface area (Å²) in [5.74, 6) is 0. The molecule has 1 aromatic rings. The Balaban J connectivity index is 3.46. The first-order valence-corrected chi connectivity index (χ1v) is 4.81. The number of rotatable bonds is 0. The minimum atomic E-state index is 1.18. The number of benzene rings is 1. The molecule has 0 N–H and O–H groups in total. The van der Waals surface area contributed by atoms with Gasteiger partial charge in [-0.15, -0.1) is 0 Å². The largest absolute Gasteiger partial charge is 0.0715 e. The van der Waals surface area contributed by atoms with Crippen molar-refractivity contribution < 1.29 is 0 Å². The van der Waals surface area contributed by atoms with Gasteiger partial charge < -0.3 is 0 Å². The molecular formula is C9H10BrSi. The van der Waals surface area contributed by atoms with Crippen molar-refractivity contribution in [3.05, 3.63) is 27.2 Å². The van der Waals surface area contributed by atoms with Crippen LogP contribution in [-0.4, -0.2) is 10.2 Å². The highest BCUT2D eigenvalue weighted by Gasteiger charge is 2.03. The van der Waals surface area contributed by atoms with Gasteiger partial charge in [-0.1, -0.05) is 27.2 Å². The molecule has 0 aliphatic rings. The maximum absolute atomic E-state index is 3.56. The van der Waals surface area contributed by atoms with Crippen LogP contribution in [0.3, 0.4) is 0 Å². The summed E-state index contributed by atoms with van der Waals surface area (Å²) in [7, 11) is 3.56. The molecule has 0 fully saturated rings. The standard InChI is InChI=1S/C9H10BrSi/c1-5-4-8(11)6(2)7(3)9(5)10/h4H,1-3H3. The molecule has 1 aromatic carbocycles. The van der Waals surface area contributed by atoms with Crippen LogP contribution in [0.15, 0.2) is 10.5 Å². The quantitative estimate of drug-likeness (QED) is 0.595. The molecule has 0 saturated heterocycles. The lowest BCUT2D eigenvalue weighted by Crippen LogP contribution is -2.10. The topological polar surface area (TPSA) is 0 Å². The van der Waals surface area contributed by atoms with Crippen LogP contribution in [0.5, 0.6) is 0 Å². The average Bonchev–Trinajstić information content (AvgIpc) is 1.97. The Bertz CT molecular complexity index is 266. The summed E-state index contributed by atoms with van der Waals surface area (Å²) in [6.45, 7) is 6.33. The number of halogens is 1. The normalized spacial score (nSPS) is 10.3. The second-order valence-electron chi connectivity index (χ2n) is 2.81. The van der Waals surface area contributed by atoms with E-state index >= 15 is 0 Å². The van der Waals surface area contributed by atoms with Gasteiger partial charge in [-0.2, -0.15) is 0 Å². The maximum Gasteiger partial charge on any atom is 0.0715 e. The van der Waals surface area contributed by atoms with Crippen LogP contribution in [0.4, 0.5) is 0 Å². The van der Waals surface area contributed by atoms with Crippen molar-refractivity contribution in [3.8, 4) is 0 Å². The fraction of sp³-hybridized carbons (Fsp3) is 0.333. The highest BCUT2D eigenvalue weighted by Crippen LogP contribution is 2.21. The summed E-state index contributed by atoms with van der Waals surface area (Å²) in [6.07, 6.45) is 0. The van der Waals surface area contributed by atoms with E-state index in [0.29, 0.717) is 0 Å². The second-order valence-corrected chi connectivity index (χ2v) is 4.14. The first-order chi connectivity index (χ1) is 5.04. The average molecular weight is 226 g/mol. The van der Waals surface area contributed by atoms with Gasteiger partial charge in [0.25, 0.3) is 0 Å². The predicted octanol–water partition coefficient (Wildman–Crippen LogP) is 2.17. The third kappa shape index (κ3) is 1.57. The molecule has 0 atom stereocenters. The molecule has 0 spiro atoms. The van der Waals surface area contributed by atoms with E-state index in [-0.39, 0.29) is 0 Å². The molecule has 1 rings (SSSR count). The van der Waals surface area contributed by atoms with E-state index in [4.69, 9.17) is 0 Å². The summed E-state index contributed by atoms with van der Waals surface area (Å²) < 4.78 is 1.22. The Morgan fingerprint density at radius 2 is 1.73 bits per heavy atom. The number of hydrogen-bond acceptors (Lipinski definition) is 0. The van der Waals surface area contributed by atoms with E-state index < -0.39 is 0 Å². The van der Waals surface area contributed by atoms with Crippen molar-refractivity contribution in [3.63, 3.8) is 0 Å². The van der Waals surface area contributed by atoms with Crippen molar-refractivity contribution in [1.82, 2.24) is 0 Å². The summed E-state index contributed by atoms with van der Waals surface area (Å²) >= 11 is 3.54. The lowest BCUT2D eigenvalue weighted by Gasteiger charge is -2.09. The van der Waals surface area contributed by atoms with Gasteiger partial charge in [0.1, 0.15) is 0 Å². The van der Waals surface area contributed by atoms with E-state index in [1.165, 1.54) is 26.3 Å². The van der Waals surface area contributed by atoms with Crippen molar-refractivity contribution in [2.45, 2.75) is 20.8 Å². The van der Waals surface area contributed by atoms with E-state index in [9.17, 15) is 0 Å². The third-order valence-electron chi connectivity index (χ3n) is 2.00. The lowest BCUT2D eigenvalue weighted by atomic mass is 10.1. The molecule has 0 saturated carbocycles. The molecule has 0 aliphatic heterocycles. The zero-order valence-electron chi connectivity index (χ0n) is 6.96. The van der Waals surface area contributed by atoms with Gasteiger partial charge in [0.15, 0.2) is 0 Å². The van der Waals surface area contributed by atoms with Crippen LogP contribution >= 0.6 is 15.9 Å². The highest BCUT2D eigenvalue weighted by molar-refractivity contribution is 9.10. The van der Waals surface area contributed by atoms with Crippen LogP contribution < -0.4 is 5.19 Å². The monoisotopic (exact) mass is 225 g/mol. The van der Waals surface area contributed by atoms with Gasteiger partial charge >= 0.3 is 0 Å². The predicted molar refractivity (Wildman–Crippen MR) is 53.7 cm³/mol. The van der Waals surface area contributed by atoms with Gasteiger partial charge in [0, 0.05) is 4.47 Å². The summed E-state index contributed by atoms with van der Waals surface area (Å²) in [4.78, 5) is 0. The molecule has 2 heteroatoms. The molecule has 57 valence electrons. The van der Waals surface area contributed by atoms with Gasteiger partial charge in [-0.05, 0) is 37.5 Å². The molecule has 0 unspecified atom stereocenters. The molecule has 0 aliphatic carbocycles. The molecule has 11 heavy (non-hydrogen) atoms. The molecule has 0 heterocycles. The van der Waals surface area contributed by atoms with E-state index in [1.807, 2.05) is 0 Å². The fourth-order valence-corrected chi connectivity index (χ4v) is 1.87. The molecule has 3 radical (unpaired) electrons. The Labute approximate surface area is 79.6 Å². The SMILES string of the molecule is Cc1cc([Si])c(C)c(C)c1Br. The van der Waals surface area contributed by atoms with E-state index in [2.05, 4.69) is 53.0 Å². The summed E-state index contributed by atoms with van der Waals surface area (Å²) in [5.41, 5.74) is 3.90. The van der Waals surface area contributed by atoms with Crippen molar-refractivity contribution in [1.29, 1.82) is 0 Å². The third-order valence-corrected chi connectivity index (χ3v) is 3.74. The van der Waals surface area contributed by atoms with Crippen LogP contribution in [0.25, 0.3) is 0 Å². The zero-order chi connectivity index (χ0) is 8.59.